The number of nitrogens with one attached hydrogen (secondary N) is 1. The number of ether oxygens (including phenoxy) is 1. The predicted octanol–water partition coefficient (Wildman–Crippen LogP) is 5.67. The van der Waals surface area contributed by atoms with Crippen molar-refractivity contribution in [2.24, 2.45) is 5.92 Å². The summed E-state index contributed by atoms with van der Waals surface area (Å²) in [4.78, 5) is 27.4. The third-order valence-corrected chi connectivity index (χ3v) is 6.09. The summed E-state index contributed by atoms with van der Waals surface area (Å²) in [6.45, 7) is 6.41. The maximum absolute atomic E-state index is 14.2. The van der Waals surface area contributed by atoms with Crippen LogP contribution >= 0.6 is 0 Å². The minimum absolute atomic E-state index is 0.0452. The maximum atomic E-state index is 14.2. The number of nitrogens with zero attached hydrogens (tertiary/aromatic N) is 1. The first-order chi connectivity index (χ1) is 16.8. The molecular weight excluding hydrogens is 443 g/mol. The Kier molecular flexibility index (Phi) is 7.49. The van der Waals surface area contributed by atoms with Crippen LogP contribution < -0.4 is 10.1 Å². The van der Waals surface area contributed by atoms with Gasteiger partial charge in [-0.25, -0.2) is 4.39 Å². The Hall–Kier alpha value is -3.67. The number of fused-ring (bicyclic) bond motifs is 1. The molecule has 0 unspecified atom stereocenters. The lowest BCUT2D eigenvalue weighted by Gasteiger charge is -2.38. The fraction of sp³-hybridized carbons (Fsp3) is 0.310. The van der Waals surface area contributed by atoms with Gasteiger partial charge in [-0.15, -0.1) is 0 Å². The molecule has 3 aromatic carbocycles. The van der Waals surface area contributed by atoms with E-state index >= 15 is 0 Å². The number of halogens is 1. The molecule has 4 rings (SSSR count). The minimum Gasteiger partial charge on any atom is -0.484 e. The standard InChI is InChI=1S/C29H31FN2O3/c1-19(2)14-28(34)32-13-12-21-10-11-25(17-26(21)29(32)22-7-5-8-23(30)16-22)35-18-27(33)31-24-9-4-6-20(3)15-24/h4-11,15-17,19,29H,12-14,18H2,1-3H3,(H,31,33)/t29-/m0/s1. The summed E-state index contributed by atoms with van der Waals surface area (Å²) in [5.41, 5.74) is 4.48. The van der Waals surface area contributed by atoms with Crippen molar-refractivity contribution < 1.29 is 18.7 Å². The second-order valence-corrected chi connectivity index (χ2v) is 9.46. The van der Waals surface area contributed by atoms with Crippen molar-refractivity contribution in [3.8, 4) is 5.75 Å². The van der Waals surface area contributed by atoms with Crippen molar-refractivity contribution in [2.45, 2.75) is 39.7 Å². The number of benzene rings is 3. The van der Waals surface area contributed by atoms with Crippen LogP contribution in [0.3, 0.4) is 0 Å². The van der Waals surface area contributed by atoms with Gasteiger partial charge in [-0.05, 0) is 77.9 Å². The molecule has 35 heavy (non-hydrogen) atoms. The van der Waals surface area contributed by atoms with Crippen LogP contribution in [-0.4, -0.2) is 29.9 Å². The molecule has 1 atom stereocenters. The zero-order chi connectivity index (χ0) is 24.9. The summed E-state index contributed by atoms with van der Waals surface area (Å²) in [6.07, 6.45) is 1.13. The number of amides is 2. The van der Waals surface area contributed by atoms with Crippen LogP contribution in [0.4, 0.5) is 10.1 Å². The van der Waals surface area contributed by atoms with Gasteiger partial charge in [0.1, 0.15) is 11.6 Å². The highest BCUT2D eigenvalue weighted by molar-refractivity contribution is 5.91. The van der Waals surface area contributed by atoms with E-state index in [1.165, 1.54) is 12.1 Å². The fourth-order valence-corrected chi connectivity index (χ4v) is 4.52. The van der Waals surface area contributed by atoms with Gasteiger partial charge in [-0.3, -0.25) is 9.59 Å². The van der Waals surface area contributed by atoms with Crippen molar-refractivity contribution in [1.82, 2.24) is 4.90 Å². The number of carbonyl (C=O) groups is 2. The molecule has 0 aromatic heterocycles. The van der Waals surface area contributed by atoms with Gasteiger partial charge in [0.05, 0.1) is 6.04 Å². The summed E-state index contributed by atoms with van der Waals surface area (Å²) in [5, 5.41) is 2.84. The van der Waals surface area contributed by atoms with E-state index in [4.69, 9.17) is 4.74 Å². The summed E-state index contributed by atoms with van der Waals surface area (Å²) in [6, 6.07) is 19.2. The van der Waals surface area contributed by atoms with Gasteiger partial charge in [-0.1, -0.05) is 44.2 Å². The average Bonchev–Trinajstić information content (AvgIpc) is 2.81. The zero-order valence-electron chi connectivity index (χ0n) is 20.4. The Balaban J connectivity index is 1.57. The minimum atomic E-state index is -0.412. The SMILES string of the molecule is Cc1cccc(NC(=O)COc2ccc3c(c2)[C@H](c2cccc(F)c2)N(C(=O)CC(C)C)CC3)c1. The van der Waals surface area contributed by atoms with Gasteiger partial charge in [0.2, 0.25) is 5.91 Å². The molecular formula is C29H31FN2O3. The number of hydrogen-bond donors (Lipinski definition) is 1. The van der Waals surface area contributed by atoms with E-state index in [1.54, 1.807) is 6.07 Å². The highest BCUT2D eigenvalue weighted by atomic mass is 19.1. The lowest BCUT2D eigenvalue weighted by atomic mass is 9.87. The van der Waals surface area contributed by atoms with Gasteiger partial charge in [0.15, 0.2) is 6.61 Å². The third-order valence-electron chi connectivity index (χ3n) is 6.09. The van der Waals surface area contributed by atoms with Gasteiger partial charge in [-0.2, -0.15) is 0 Å². The molecule has 0 saturated carbocycles. The van der Waals surface area contributed by atoms with E-state index < -0.39 is 6.04 Å². The van der Waals surface area contributed by atoms with E-state index in [2.05, 4.69) is 5.32 Å². The smallest absolute Gasteiger partial charge is 0.262 e. The Morgan fingerprint density at radius 3 is 2.63 bits per heavy atom. The van der Waals surface area contributed by atoms with Crippen molar-refractivity contribution in [2.75, 3.05) is 18.5 Å². The monoisotopic (exact) mass is 474 g/mol. The van der Waals surface area contributed by atoms with E-state index in [0.717, 1.165) is 27.9 Å². The molecule has 2 amide bonds. The van der Waals surface area contributed by atoms with E-state index in [0.29, 0.717) is 25.1 Å². The largest absolute Gasteiger partial charge is 0.484 e. The van der Waals surface area contributed by atoms with E-state index in [9.17, 15) is 14.0 Å². The Morgan fingerprint density at radius 2 is 1.89 bits per heavy atom. The molecule has 0 saturated heterocycles. The second-order valence-electron chi connectivity index (χ2n) is 9.46. The number of aryl methyl sites for hydroxylation is 1. The van der Waals surface area contributed by atoms with Crippen LogP contribution in [0, 0.1) is 18.7 Å². The van der Waals surface area contributed by atoms with Crippen molar-refractivity contribution >= 4 is 17.5 Å². The first-order valence-corrected chi connectivity index (χ1v) is 12.0. The molecule has 5 nitrogen and oxygen atoms in total. The third kappa shape index (κ3) is 6.07. The molecule has 1 N–H and O–H groups in total. The zero-order valence-corrected chi connectivity index (χ0v) is 20.4. The molecule has 3 aromatic rings. The van der Waals surface area contributed by atoms with Gasteiger partial charge < -0.3 is 15.0 Å². The molecule has 1 aliphatic heterocycles. The van der Waals surface area contributed by atoms with Crippen LogP contribution in [0.5, 0.6) is 5.75 Å². The second kappa shape index (κ2) is 10.7. The van der Waals surface area contributed by atoms with Crippen LogP contribution in [0.2, 0.25) is 0 Å². The van der Waals surface area contributed by atoms with Crippen molar-refractivity contribution in [3.05, 3.63) is 94.8 Å². The van der Waals surface area contributed by atoms with Crippen LogP contribution in [0.25, 0.3) is 0 Å². The maximum Gasteiger partial charge on any atom is 0.262 e. The number of hydrogen-bond acceptors (Lipinski definition) is 3. The topological polar surface area (TPSA) is 58.6 Å². The van der Waals surface area contributed by atoms with Crippen molar-refractivity contribution in [3.63, 3.8) is 0 Å². The van der Waals surface area contributed by atoms with E-state index in [1.807, 2.05) is 74.2 Å². The van der Waals surface area contributed by atoms with Gasteiger partial charge >= 0.3 is 0 Å². The molecule has 0 radical (unpaired) electrons. The lowest BCUT2D eigenvalue weighted by Crippen LogP contribution is -2.41. The number of carbonyl (C=O) groups excluding carboxylic acids is 2. The quantitative estimate of drug-likeness (QED) is 0.480. The molecule has 0 aliphatic carbocycles. The Labute approximate surface area is 205 Å². The lowest BCUT2D eigenvalue weighted by molar-refractivity contribution is -0.134. The summed E-state index contributed by atoms with van der Waals surface area (Å²) in [5.74, 6) is 0.194. The number of anilines is 1. The summed E-state index contributed by atoms with van der Waals surface area (Å²) >= 11 is 0. The van der Waals surface area contributed by atoms with Crippen LogP contribution in [0.1, 0.15) is 48.6 Å². The Morgan fingerprint density at radius 1 is 1.09 bits per heavy atom. The van der Waals surface area contributed by atoms with Crippen molar-refractivity contribution in [1.29, 1.82) is 0 Å². The molecule has 0 fully saturated rings. The average molecular weight is 475 g/mol. The summed E-state index contributed by atoms with van der Waals surface area (Å²) < 4.78 is 20.0. The van der Waals surface area contributed by atoms with Gasteiger partial charge in [0, 0.05) is 18.7 Å². The predicted molar refractivity (Wildman–Crippen MR) is 135 cm³/mol. The van der Waals surface area contributed by atoms with E-state index in [-0.39, 0.29) is 30.2 Å². The molecule has 0 spiro atoms. The number of rotatable bonds is 7. The molecule has 6 heteroatoms. The fourth-order valence-electron chi connectivity index (χ4n) is 4.52. The molecule has 1 heterocycles. The first-order valence-electron chi connectivity index (χ1n) is 12.0. The molecule has 0 bridgehead atoms. The normalized spacial score (nSPS) is 15.0. The molecule has 182 valence electrons. The summed E-state index contributed by atoms with van der Waals surface area (Å²) in [7, 11) is 0. The highest BCUT2D eigenvalue weighted by Gasteiger charge is 2.32. The van der Waals surface area contributed by atoms with Gasteiger partial charge in [0.25, 0.3) is 5.91 Å². The Bertz CT molecular complexity index is 1220. The first kappa shape index (κ1) is 24.5. The highest BCUT2D eigenvalue weighted by Crippen LogP contribution is 2.38. The molecule has 1 aliphatic rings. The van der Waals surface area contributed by atoms with Crippen LogP contribution in [-0.2, 0) is 16.0 Å². The van der Waals surface area contributed by atoms with Crippen LogP contribution in [0.15, 0.2) is 66.7 Å².